The van der Waals surface area contributed by atoms with Crippen LogP contribution in [0.4, 0.5) is 21.0 Å². The predicted octanol–water partition coefficient (Wildman–Crippen LogP) is 3.76. The molecule has 4 N–H and O–H groups in total. The summed E-state index contributed by atoms with van der Waals surface area (Å²) in [5.41, 5.74) is 2.50. The number of carbonyl (C=O) groups excluding carboxylic acids is 1. The number of urea groups is 1. The highest BCUT2D eigenvalue weighted by Crippen LogP contribution is 2.32. The first-order valence-electron chi connectivity index (χ1n) is 8.26. The molecular formula is C19H18N4O5. The van der Waals surface area contributed by atoms with Gasteiger partial charge in [-0.05, 0) is 29.8 Å². The molecule has 0 fully saturated rings. The van der Waals surface area contributed by atoms with Gasteiger partial charge in [0.2, 0.25) is 0 Å². The van der Waals surface area contributed by atoms with Crippen molar-refractivity contribution in [2.45, 2.75) is 6.54 Å². The van der Waals surface area contributed by atoms with Gasteiger partial charge in [-0.1, -0.05) is 12.1 Å². The molecule has 144 valence electrons. The summed E-state index contributed by atoms with van der Waals surface area (Å²) >= 11 is 0. The van der Waals surface area contributed by atoms with Gasteiger partial charge in [-0.2, -0.15) is 0 Å². The maximum absolute atomic E-state index is 12.3. The van der Waals surface area contributed by atoms with Crippen LogP contribution in [0.25, 0.3) is 11.3 Å². The van der Waals surface area contributed by atoms with Crippen molar-refractivity contribution in [1.82, 2.24) is 10.3 Å². The largest absolute Gasteiger partial charge is 0.496 e. The van der Waals surface area contributed by atoms with E-state index in [9.17, 15) is 9.59 Å². The lowest BCUT2D eigenvalue weighted by Gasteiger charge is -2.11. The van der Waals surface area contributed by atoms with Crippen LogP contribution in [0, 0.1) is 0 Å². The molecule has 0 bridgehead atoms. The van der Waals surface area contributed by atoms with E-state index in [0.29, 0.717) is 28.4 Å². The third-order valence-electron chi connectivity index (χ3n) is 3.79. The Hall–Kier alpha value is -4.01. The van der Waals surface area contributed by atoms with Gasteiger partial charge >= 0.3 is 12.1 Å². The van der Waals surface area contributed by atoms with E-state index in [1.807, 2.05) is 0 Å². The zero-order valence-corrected chi connectivity index (χ0v) is 14.9. The number of ether oxygens (including phenoxy) is 1. The molecule has 0 aliphatic heterocycles. The Kier molecular flexibility index (Phi) is 5.75. The minimum absolute atomic E-state index is 0.146. The molecule has 0 unspecified atom stereocenters. The van der Waals surface area contributed by atoms with E-state index in [-0.39, 0.29) is 6.54 Å². The summed E-state index contributed by atoms with van der Waals surface area (Å²) in [6.07, 6.45) is 1.79. The first-order valence-corrected chi connectivity index (χ1v) is 8.26. The Balaban J connectivity index is 1.66. The third-order valence-corrected chi connectivity index (χ3v) is 3.79. The van der Waals surface area contributed by atoms with Crippen LogP contribution < -0.4 is 20.7 Å². The van der Waals surface area contributed by atoms with Gasteiger partial charge < -0.3 is 30.2 Å². The maximum Gasteiger partial charge on any atom is 0.404 e. The van der Waals surface area contributed by atoms with E-state index in [4.69, 9.17) is 14.3 Å². The summed E-state index contributed by atoms with van der Waals surface area (Å²) in [5, 5.41) is 16.4. The smallest absolute Gasteiger partial charge is 0.404 e. The molecular weight excluding hydrogens is 364 g/mol. The van der Waals surface area contributed by atoms with Crippen LogP contribution in [-0.2, 0) is 6.54 Å². The minimum atomic E-state index is -1.11. The van der Waals surface area contributed by atoms with Gasteiger partial charge in [-0.15, -0.1) is 0 Å². The number of nitrogens with zero attached hydrogens (tertiary/aromatic N) is 1. The molecule has 0 spiro atoms. The van der Waals surface area contributed by atoms with Gasteiger partial charge in [0.25, 0.3) is 0 Å². The summed E-state index contributed by atoms with van der Waals surface area (Å²) < 4.78 is 10.6. The summed E-state index contributed by atoms with van der Waals surface area (Å²) in [6.45, 7) is 0.146. The number of nitrogens with one attached hydrogen (secondary N) is 3. The number of hydrogen-bond donors (Lipinski definition) is 4. The van der Waals surface area contributed by atoms with Crippen LogP contribution in [-0.4, -0.2) is 29.3 Å². The molecule has 3 amide bonds. The molecule has 0 saturated carbocycles. The predicted molar refractivity (Wildman–Crippen MR) is 102 cm³/mol. The summed E-state index contributed by atoms with van der Waals surface area (Å²) in [4.78, 5) is 26.7. The molecule has 0 aliphatic carbocycles. The molecule has 28 heavy (non-hydrogen) atoms. The highest BCUT2D eigenvalue weighted by molar-refractivity contribution is 6.00. The minimum Gasteiger partial charge on any atom is -0.496 e. The van der Waals surface area contributed by atoms with Crippen molar-refractivity contribution in [2.75, 3.05) is 17.7 Å². The molecule has 1 aromatic heterocycles. The number of carboxylic acid groups (broad SMARTS) is 1. The van der Waals surface area contributed by atoms with Gasteiger partial charge in [-0.25, -0.2) is 14.6 Å². The molecule has 0 aliphatic rings. The zero-order chi connectivity index (χ0) is 19.9. The zero-order valence-electron chi connectivity index (χ0n) is 14.9. The second-order valence-corrected chi connectivity index (χ2v) is 5.72. The molecule has 9 nitrogen and oxygen atoms in total. The van der Waals surface area contributed by atoms with Crippen LogP contribution in [0.3, 0.4) is 0 Å². The number of anilines is 2. The van der Waals surface area contributed by atoms with Crippen LogP contribution in [0.1, 0.15) is 5.56 Å². The van der Waals surface area contributed by atoms with Gasteiger partial charge in [0, 0.05) is 24.0 Å². The number of aromatic nitrogens is 1. The number of oxazole rings is 1. The Morgan fingerprint density at radius 3 is 2.61 bits per heavy atom. The maximum atomic E-state index is 12.3. The number of methoxy groups -OCH3 is 1. The van der Waals surface area contributed by atoms with Crippen LogP contribution in [0.5, 0.6) is 5.75 Å². The van der Waals surface area contributed by atoms with Gasteiger partial charge in [0.05, 0.1) is 18.9 Å². The lowest BCUT2D eigenvalue weighted by Crippen LogP contribution is -2.21. The highest BCUT2D eigenvalue weighted by atomic mass is 16.5. The Bertz CT molecular complexity index is 972. The molecule has 0 atom stereocenters. The highest BCUT2D eigenvalue weighted by Gasteiger charge is 2.11. The number of carbonyl (C=O) groups is 2. The van der Waals surface area contributed by atoms with Gasteiger partial charge in [0.15, 0.2) is 12.2 Å². The van der Waals surface area contributed by atoms with E-state index in [1.54, 1.807) is 48.7 Å². The van der Waals surface area contributed by atoms with Crippen molar-refractivity contribution in [3.63, 3.8) is 0 Å². The molecule has 1 heterocycles. The lowest BCUT2D eigenvalue weighted by molar-refractivity contribution is 0.194. The average molecular weight is 382 g/mol. The Morgan fingerprint density at radius 2 is 1.93 bits per heavy atom. The summed E-state index contributed by atoms with van der Waals surface area (Å²) in [6, 6.07) is 11.6. The van der Waals surface area contributed by atoms with Gasteiger partial charge in [0.1, 0.15) is 5.75 Å². The van der Waals surface area contributed by atoms with E-state index < -0.39 is 12.1 Å². The summed E-state index contributed by atoms with van der Waals surface area (Å²) in [7, 11) is 1.52. The normalized spacial score (nSPS) is 10.2. The van der Waals surface area contributed by atoms with Crippen molar-refractivity contribution in [3.05, 3.63) is 60.6 Å². The molecule has 3 aromatic rings. The van der Waals surface area contributed by atoms with Crippen molar-refractivity contribution < 1.29 is 23.8 Å². The standard InChI is InChI=1S/C19H18N4O5/c1-27-16-8-14(5-6-15(16)17-10-20-11-28-17)23-18(24)22-13-4-2-3-12(7-13)9-21-19(25)26/h2-8,10-11,21H,9H2,1H3,(H,25,26)(H2,22,23,24). The number of hydrogen-bond acceptors (Lipinski definition) is 5. The number of benzene rings is 2. The number of rotatable bonds is 6. The van der Waals surface area contributed by atoms with E-state index in [2.05, 4.69) is 20.9 Å². The first kappa shape index (κ1) is 18.8. The quantitative estimate of drug-likeness (QED) is 0.514. The molecule has 0 radical (unpaired) electrons. The van der Waals surface area contributed by atoms with Crippen molar-refractivity contribution in [3.8, 4) is 17.1 Å². The second-order valence-electron chi connectivity index (χ2n) is 5.72. The van der Waals surface area contributed by atoms with Crippen molar-refractivity contribution >= 4 is 23.5 Å². The van der Waals surface area contributed by atoms with E-state index >= 15 is 0 Å². The first-order chi connectivity index (χ1) is 13.5. The van der Waals surface area contributed by atoms with Crippen molar-refractivity contribution in [2.24, 2.45) is 0 Å². The molecule has 9 heteroatoms. The summed E-state index contributed by atoms with van der Waals surface area (Å²) in [5.74, 6) is 1.08. The fourth-order valence-corrected chi connectivity index (χ4v) is 2.55. The Morgan fingerprint density at radius 1 is 1.14 bits per heavy atom. The van der Waals surface area contributed by atoms with Crippen LogP contribution in [0.15, 0.2) is 59.5 Å². The van der Waals surface area contributed by atoms with E-state index in [0.717, 1.165) is 5.56 Å². The monoisotopic (exact) mass is 382 g/mol. The molecule has 0 saturated heterocycles. The lowest BCUT2D eigenvalue weighted by atomic mass is 10.1. The fourth-order valence-electron chi connectivity index (χ4n) is 2.55. The van der Waals surface area contributed by atoms with Crippen LogP contribution >= 0.6 is 0 Å². The third kappa shape index (κ3) is 4.79. The fraction of sp³-hybridized carbons (Fsp3) is 0.105. The van der Waals surface area contributed by atoms with Gasteiger partial charge in [-0.3, -0.25) is 0 Å². The number of amides is 3. The molecule has 3 rings (SSSR count). The SMILES string of the molecule is COc1cc(NC(=O)Nc2cccc(CNC(=O)O)c2)ccc1-c1cnco1. The van der Waals surface area contributed by atoms with Crippen molar-refractivity contribution in [1.29, 1.82) is 0 Å². The molecule has 2 aromatic carbocycles. The topological polar surface area (TPSA) is 126 Å². The van der Waals surface area contributed by atoms with Crippen LogP contribution in [0.2, 0.25) is 0 Å². The van der Waals surface area contributed by atoms with E-state index in [1.165, 1.54) is 13.5 Å². The Labute approximate surface area is 160 Å². The second kappa shape index (κ2) is 8.58. The average Bonchev–Trinajstić information content (AvgIpc) is 3.21.